The summed E-state index contributed by atoms with van der Waals surface area (Å²) in [5.41, 5.74) is 2.03. The Morgan fingerprint density at radius 2 is 2.16 bits per heavy atom. The van der Waals surface area contributed by atoms with Crippen molar-refractivity contribution >= 4 is 38.2 Å². The average Bonchev–Trinajstić information content (AvgIpc) is 2.95. The van der Waals surface area contributed by atoms with Gasteiger partial charge < -0.3 is 5.11 Å². The van der Waals surface area contributed by atoms with Crippen molar-refractivity contribution in [3.63, 3.8) is 0 Å². The highest BCUT2D eigenvalue weighted by Crippen LogP contribution is 2.32. The molecule has 2 aromatic heterocycles. The molecular formula is C14H13BrN2OS. The summed E-state index contributed by atoms with van der Waals surface area (Å²) in [6.07, 6.45) is 0.00758. The van der Waals surface area contributed by atoms with Crippen LogP contribution in [0.5, 0.6) is 0 Å². The van der Waals surface area contributed by atoms with Crippen LogP contribution in [0.1, 0.15) is 16.7 Å². The number of aliphatic hydroxyl groups is 1. The normalized spacial score (nSPS) is 13.0. The van der Waals surface area contributed by atoms with Crippen LogP contribution >= 0.6 is 27.3 Å². The summed E-state index contributed by atoms with van der Waals surface area (Å²) in [6.45, 7) is 0. The molecule has 98 valence electrons. The van der Waals surface area contributed by atoms with Crippen molar-refractivity contribution in [1.29, 1.82) is 0 Å². The Labute approximate surface area is 123 Å². The molecular weight excluding hydrogens is 324 g/mol. The van der Waals surface area contributed by atoms with Gasteiger partial charge >= 0.3 is 0 Å². The van der Waals surface area contributed by atoms with Gasteiger partial charge in [-0.15, -0.1) is 11.3 Å². The molecule has 19 heavy (non-hydrogen) atoms. The van der Waals surface area contributed by atoms with Crippen molar-refractivity contribution in [2.24, 2.45) is 7.05 Å². The number of aryl methyl sites for hydroxylation is 1. The summed E-state index contributed by atoms with van der Waals surface area (Å²) < 4.78 is 2.83. The van der Waals surface area contributed by atoms with E-state index in [4.69, 9.17) is 0 Å². The number of aromatic nitrogens is 2. The number of aliphatic hydroxyl groups excluding tert-OH is 1. The van der Waals surface area contributed by atoms with E-state index >= 15 is 0 Å². The predicted octanol–water partition coefficient (Wildman–Crippen LogP) is 3.67. The lowest BCUT2D eigenvalue weighted by Crippen LogP contribution is -2.02. The van der Waals surface area contributed by atoms with Crippen LogP contribution in [0.25, 0.3) is 10.9 Å². The molecule has 2 heterocycles. The first-order valence-electron chi connectivity index (χ1n) is 5.98. The van der Waals surface area contributed by atoms with Crippen LogP contribution in [-0.4, -0.2) is 14.9 Å². The van der Waals surface area contributed by atoms with Gasteiger partial charge in [0.15, 0.2) is 0 Å². The number of fused-ring (bicyclic) bond motifs is 1. The van der Waals surface area contributed by atoms with Gasteiger partial charge in [-0.25, -0.2) is 0 Å². The van der Waals surface area contributed by atoms with E-state index in [2.05, 4.69) is 21.0 Å². The van der Waals surface area contributed by atoms with Crippen molar-refractivity contribution in [1.82, 2.24) is 9.78 Å². The van der Waals surface area contributed by atoms with E-state index in [0.29, 0.717) is 6.42 Å². The molecule has 0 fully saturated rings. The molecule has 3 rings (SSSR count). The fourth-order valence-electron chi connectivity index (χ4n) is 2.26. The Kier molecular flexibility index (Phi) is 3.43. The van der Waals surface area contributed by atoms with Crippen LogP contribution in [0.15, 0.2) is 40.2 Å². The lowest BCUT2D eigenvalue weighted by molar-refractivity contribution is 0.180. The second kappa shape index (κ2) is 5.07. The Balaban J connectivity index is 1.96. The Hall–Kier alpha value is -1.17. The first-order valence-corrected chi connectivity index (χ1v) is 7.65. The zero-order chi connectivity index (χ0) is 13.4. The minimum atomic E-state index is -0.521. The largest absolute Gasteiger partial charge is 0.387 e. The maximum absolute atomic E-state index is 10.3. The van der Waals surface area contributed by atoms with Crippen molar-refractivity contribution < 1.29 is 5.11 Å². The van der Waals surface area contributed by atoms with Gasteiger partial charge in [0.2, 0.25) is 0 Å². The molecule has 5 heteroatoms. The van der Waals surface area contributed by atoms with E-state index in [1.807, 2.05) is 47.4 Å². The highest BCUT2D eigenvalue weighted by Gasteiger charge is 2.17. The van der Waals surface area contributed by atoms with Gasteiger partial charge in [-0.05, 0) is 33.4 Å². The van der Waals surface area contributed by atoms with Gasteiger partial charge in [-0.1, -0.05) is 18.2 Å². The number of hydrogen-bond acceptors (Lipinski definition) is 3. The second-order valence-corrected chi connectivity index (χ2v) is 6.24. The number of hydrogen-bond donors (Lipinski definition) is 1. The van der Waals surface area contributed by atoms with Gasteiger partial charge in [0.1, 0.15) is 0 Å². The lowest BCUT2D eigenvalue weighted by Gasteiger charge is -2.07. The topological polar surface area (TPSA) is 38.0 Å². The number of thiophene rings is 1. The molecule has 0 bridgehead atoms. The van der Waals surface area contributed by atoms with Crippen molar-refractivity contribution in [2.45, 2.75) is 12.5 Å². The third-order valence-corrected chi connectivity index (χ3v) is 5.14. The van der Waals surface area contributed by atoms with Crippen molar-refractivity contribution in [3.05, 3.63) is 50.8 Å². The molecule has 0 aliphatic heterocycles. The summed E-state index contributed by atoms with van der Waals surface area (Å²) in [5, 5.41) is 17.9. The zero-order valence-electron chi connectivity index (χ0n) is 10.4. The highest BCUT2D eigenvalue weighted by molar-refractivity contribution is 9.10. The van der Waals surface area contributed by atoms with Gasteiger partial charge in [0.25, 0.3) is 0 Å². The minimum absolute atomic E-state index is 0.521. The van der Waals surface area contributed by atoms with Crippen LogP contribution in [-0.2, 0) is 13.5 Å². The van der Waals surface area contributed by atoms with Gasteiger partial charge in [-0.2, -0.15) is 5.10 Å². The second-order valence-electron chi connectivity index (χ2n) is 4.44. The number of para-hydroxylation sites is 1. The van der Waals surface area contributed by atoms with Crippen LogP contribution in [0.3, 0.4) is 0 Å². The number of rotatable bonds is 3. The molecule has 0 radical (unpaired) electrons. The van der Waals surface area contributed by atoms with Crippen molar-refractivity contribution in [2.75, 3.05) is 0 Å². The van der Waals surface area contributed by atoms with Crippen LogP contribution in [0.2, 0.25) is 0 Å². The third-order valence-electron chi connectivity index (χ3n) is 3.17. The first-order chi connectivity index (χ1) is 9.16. The first kappa shape index (κ1) is 12.8. The molecule has 0 saturated heterocycles. The zero-order valence-corrected chi connectivity index (χ0v) is 12.8. The Morgan fingerprint density at radius 1 is 1.37 bits per heavy atom. The van der Waals surface area contributed by atoms with E-state index in [1.165, 1.54) is 0 Å². The van der Waals surface area contributed by atoms with Crippen LogP contribution < -0.4 is 0 Å². The maximum Gasteiger partial charge on any atom is 0.0949 e. The number of benzene rings is 1. The molecule has 1 unspecified atom stereocenters. The lowest BCUT2D eigenvalue weighted by atomic mass is 10.1. The molecule has 0 amide bonds. The standard InChI is InChI=1S/C14H13BrN2OS/c1-17-12-5-3-2-4-9(12)11(16-17)8-13(18)14-10(15)6-7-19-14/h2-7,13,18H,8H2,1H3. The van der Waals surface area contributed by atoms with E-state index in [0.717, 1.165) is 25.9 Å². The SMILES string of the molecule is Cn1nc(CC(O)c2sccc2Br)c2ccccc21. The molecule has 1 atom stereocenters. The van der Waals surface area contributed by atoms with Crippen LogP contribution in [0.4, 0.5) is 0 Å². The predicted molar refractivity (Wildman–Crippen MR) is 81.4 cm³/mol. The minimum Gasteiger partial charge on any atom is -0.387 e. The van der Waals surface area contributed by atoms with E-state index in [-0.39, 0.29) is 0 Å². The molecule has 0 aliphatic carbocycles. The quantitative estimate of drug-likeness (QED) is 0.792. The van der Waals surface area contributed by atoms with Crippen LogP contribution in [0, 0.1) is 0 Å². The molecule has 3 aromatic rings. The summed E-state index contributed by atoms with van der Waals surface area (Å²) in [4.78, 5) is 0.953. The molecule has 0 aliphatic rings. The maximum atomic E-state index is 10.3. The fourth-order valence-corrected chi connectivity index (χ4v) is 3.88. The van der Waals surface area contributed by atoms with Crippen molar-refractivity contribution in [3.8, 4) is 0 Å². The summed E-state index contributed by atoms with van der Waals surface area (Å²) in [7, 11) is 1.93. The molecule has 0 spiro atoms. The van der Waals surface area contributed by atoms with Gasteiger partial charge in [0.05, 0.1) is 17.3 Å². The van der Waals surface area contributed by atoms with Gasteiger partial charge in [-0.3, -0.25) is 4.68 Å². The fraction of sp³-hybridized carbons (Fsp3) is 0.214. The van der Waals surface area contributed by atoms with Gasteiger partial charge in [0, 0.05) is 28.2 Å². The molecule has 1 aromatic carbocycles. The number of halogens is 1. The number of nitrogens with zero attached hydrogens (tertiary/aromatic N) is 2. The van der Waals surface area contributed by atoms with E-state index in [1.54, 1.807) is 11.3 Å². The van der Waals surface area contributed by atoms with E-state index in [9.17, 15) is 5.11 Å². The average molecular weight is 337 g/mol. The summed E-state index contributed by atoms with van der Waals surface area (Å²) in [5.74, 6) is 0. The Bertz CT molecular complexity index is 719. The molecule has 3 nitrogen and oxygen atoms in total. The highest BCUT2D eigenvalue weighted by atomic mass is 79.9. The summed E-state index contributed by atoms with van der Waals surface area (Å²) >= 11 is 5.02. The Morgan fingerprint density at radius 3 is 2.89 bits per heavy atom. The monoisotopic (exact) mass is 336 g/mol. The molecule has 1 N–H and O–H groups in total. The molecule has 0 saturated carbocycles. The smallest absolute Gasteiger partial charge is 0.0949 e. The third kappa shape index (κ3) is 2.33. The van der Waals surface area contributed by atoms with E-state index < -0.39 is 6.10 Å². The summed E-state index contributed by atoms with van der Waals surface area (Å²) in [6, 6.07) is 10.0.